The number of ether oxygens (including phenoxy) is 3. The average Bonchev–Trinajstić information content (AvgIpc) is 2.67. The molecule has 138 valence electrons. The molecule has 0 aliphatic heterocycles. The molecule has 2 aromatic rings. The number of benzene rings is 1. The number of rotatable bonds is 7. The van der Waals surface area contributed by atoms with Crippen LogP contribution in [0.25, 0.3) is 0 Å². The molecule has 1 heterocycles. The van der Waals surface area contributed by atoms with Gasteiger partial charge in [-0.3, -0.25) is 10.4 Å². The standard InChI is InChI=1S/C19H23N3O4/c1-4-25-16-9-7-13(10-17(16)26-5-2)19(24-3)22-18(20)14-6-8-15(12-23)21-11-14/h6-11,20,23H,4-5,12H2,1-3H3/b20-18?,22-19-. The Bertz CT molecular complexity index is 773. The van der Waals surface area contributed by atoms with Crippen LogP contribution in [-0.4, -0.2) is 42.1 Å². The summed E-state index contributed by atoms with van der Waals surface area (Å²) in [6.45, 7) is 4.69. The van der Waals surface area contributed by atoms with Gasteiger partial charge in [-0.05, 0) is 44.2 Å². The highest BCUT2D eigenvalue weighted by Crippen LogP contribution is 2.29. The molecular weight excluding hydrogens is 334 g/mol. The smallest absolute Gasteiger partial charge is 0.222 e. The first-order chi connectivity index (χ1) is 12.6. The third-order valence-corrected chi connectivity index (χ3v) is 3.46. The molecule has 1 aromatic carbocycles. The van der Waals surface area contributed by atoms with E-state index >= 15 is 0 Å². The lowest BCUT2D eigenvalue weighted by Gasteiger charge is -2.13. The number of amidine groups is 1. The van der Waals surface area contributed by atoms with Crippen LogP contribution in [-0.2, 0) is 11.3 Å². The number of nitrogens with zero attached hydrogens (tertiary/aromatic N) is 2. The second-order valence-corrected chi connectivity index (χ2v) is 5.19. The fourth-order valence-corrected chi connectivity index (χ4v) is 2.24. The highest BCUT2D eigenvalue weighted by molar-refractivity contribution is 6.08. The van der Waals surface area contributed by atoms with Crippen LogP contribution in [0.1, 0.15) is 30.7 Å². The van der Waals surface area contributed by atoms with E-state index in [4.69, 9.17) is 24.7 Å². The summed E-state index contributed by atoms with van der Waals surface area (Å²) in [5.41, 5.74) is 1.72. The Morgan fingerprint density at radius 2 is 1.77 bits per heavy atom. The van der Waals surface area contributed by atoms with Crippen LogP contribution in [0.5, 0.6) is 11.5 Å². The summed E-state index contributed by atoms with van der Waals surface area (Å²) in [5, 5.41) is 17.2. The van der Waals surface area contributed by atoms with Gasteiger partial charge in [-0.1, -0.05) is 0 Å². The third kappa shape index (κ3) is 4.80. The molecule has 0 radical (unpaired) electrons. The van der Waals surface area contributed by atoms with Crippen molar-refractivity contribution in [1.82, 2.24) is 4.98 Å². The van der Waals surface area contributed by atoms with Gasteiger partial charge in [0.2, 0.25) is 5.90 Å². The van der Waals surface area contributed by atoms with E-state index in [1.54, 1.807) is 30.3 Å². The number of aliphatic hydroxyl groups is 1. The van der Waals surface area contributed by atoms with Crippen LogP contribution >= 0.6 is 0 Å². The molecule has 1 aromatic heterocycles. The normalized spacial score (nSPS) is 11.2. The second kappa shape index (κ2) is 9.53. The summed E-state index contributed by atoms with van der Waals surface area (Å²) in [6, 6.07) is 8.70. The number of methoxy groups -OCH3 is 1. The number of hydrogen-bond donors (Lipinski definition) is 2. The van der Waals surface area contributed by atoms with Gasteiger partial charge in [-0.25, -0.2) is 0 Å². The number of aromatic nitrogens is 1. The molecule has 0 saturated heterocycles. The first kappa shape index (κ1) is 19.4. The Morgan fingerprint density at radius 3 is 2.35 bits per heavy atom. The average molecular weight is 357 g/mol. The fourth-order valence-electron chi connectivity index (χ4n) is 2.24. The van der Waals surface area contributed by atoms with E-state index < -0.39 is 0 Å². The molecule has 26 heavy (non-hydrogen) atoms. The van der Waals surface area contributed by atoms with Crippen molar-refractivity contribution in [3.63, 3.8) is 0 Å². The number of aliphatic hydroxyl groups excluding tert-OH is 1. The minimum absolute atomic E-state index is 0.00526. The van der Waals surface area contributed by atoms with E-state index in [1.807, 2.05) is 13.8 Å². The summed E-state index contributed by atoms with van der Waals surface area (Å²) < 4.78 is 16.5. The second-order valence-electron chi connectivity index (χ2n) is 5.19. The quantitative estimate of drug-likeness (QED) is 0.587. The molecule has 0 fully saturated rings. The number of aliphatic imine (C=N–C) groups is 1. The van der Waals surface area contributed by atoms with E-state index in [2.05, 4.69) is 9.98 Å². The Labute approximate surface area is 152 Å². The zero-order chi connectivity index (χ0) is 18.9. The molecule has 0 aliphatic carbocycles. The lowest BCUT2D eigenvalue weighted by Crippen LogP contribution is -2.09. The highest BCUT2D eigenvalue weighted by atomic mass is 16.5. The van der Waals surface area contributed by atoms with Crippen molar-refractivity contribution >= 4 is 11.7 Å². The number of nitrogens with one attached hydrogen (secondary N) is 1. The Kier molecular flexibility index (Phi) is 7.11. The zero-order valence-electron chi connectivity index (χ0n) is 15.2. The van der Waals surface area contributed by atoms with Gasteiger partial charge in [0.05, 0.1) is 32.6 Å². The summed E-state index contributed by atoms with van der Waals surface area (Å²) in [7, 11) is 1.50. The van der Waals surface area contributed by atoms with E-state index in [1.165, 1.54) is 13.3 Å². The molecule has 0 spiro atoms. The van der Waals surface area contributed by atoms with Crippen molar-refractivity contribution in [1.29, 1.82) is 5.41 Å². The molecule has 0 saturated carbocycles. The lowest BCUT2D eigenvalue weighted by molar-refractivity contribution is 0.277. The van der Waals surface area contributed by atoms with E-state index in [9.17, 15) is 0 Å². The molecule has 2 N–H and O–H groups in total. The first-order valence-electron chi connectivity index (χ1n) is 8.30. The Balaban J connectivity index is 2.31. The predicted molar refractivity (Wildman–Crippen MR) is 99.3 cm³/mol. The topological polar surface area (TPSA) is 97.0 Å². The SMILES string of the molecule is CCOc1ccc(/C(=N/C(=N)c2ccc(CO)nc2)OC)cc1OCC. The molecule has 0 unspecified atom stereocenters. The molecule has 0 atom stereocenters. The maximum Gasteiger partial charge on any atom is 0.222 e. The third-order valence-electron chi connectivity index (χ3n) is 3.46. The number of hydrogen-bond acceptors (Lipinski definition) is 6. The minimum Gasteiger partial charge on any atom is -0.490 e. The van der Waals surface area contributed by atoms with Crippen LogP contribution in [0.15, 0.2) is 41.5 Å². The van der Waals surface area contributed by atoms with Gasteiger partial charge >= 0.3 is 0 Å². The molecule has 0 bridgehead atoms. The van der Waals surface area contributed by atoms with Crippen LogP contribution in [0.3, 0.4) is 0 Å². The van der Waals surface area contributed by atoms with Gasteiger partial charge in [0.15, 0.2) is 17.3 Å². The van der Waals surface area contributed by atoms with Gasteiger partial charge < -0.3 is 19.3 Å². The monoisotopic (exact) mass is 357 g/mol. The Morgan fingerprint density at radius 1 is 1.08 bits per heavy atom. The van der Waals surface area contributed by atoms with Crippen LogP contribution < -0.4 is 9.47 Å². The van der Waals surface area contributed by atoms with Gasteiger partial charge in [-0.2, -0.15) is 4.99 Å². The molecule has 0 amide bonds. The van der Waals surface area contributed by atoms with E-state index in [-0.39, 0.29) is 18.3 Å². The van der Waals surface area contributed by atoms with Gasteiger partial charge in [-0.15, -0.1) is 0 Å². The molecular formula is C19H23N3O4. The lowest BCUT2D eigenvalue weighted by atomic mass is 10.2. The van der Waals surface area contributed by atoms with Crippen molar-refractivity contribution in [2.24, 2.45) is 4.99 Å². The van der Waals surface area contributed by atoms with Gasteiger partial charge in [0, 0.05) is 17.3 Å². The fraction of sp³-hybridized carbons (Fsp3) is 0.316. The van der Waals surface area contributed by atoms with Crippen LogP contribution in [0.4, 0.5) is 0 Å². The van der Waals surface area contributed by atoms with Crippen molar-refractivity contribution in [2.75, 3.05) is 20.3 Å². The maximum absolute atomic E-state index is 9.04. The van der Waals surface area contributed by atoms with E-state index in [0.717, 1.165) is 0 Å². The largest absolute Gasteiger partial charge is 0.490 e. The molecule has 7 heteroatoms. The van der Waals surface area contributed by atoms with Crippen LogP contribution in [0.2, 0.25) is 0 Å². The predicted octanol–water partition coefficient (Wildman–Crippen LogP) is 2.79. The highest BCUT2D eigenvalue weighted by Gasteiger charge is 2.12. The van der Waals surface area contributed by atoms with Crippen molar-refractivity contribution in [2.45, 2.75) is 20.5 Å². The van der Waals surface area contributed by atoms with Crippen molar-refractivity contribution < 1.29 is 19.3 Å². The van der Waals surface area contributed by atoms with Crippen molar-refractivity contribution in [3.05, 3.63) is 53.3 Å². The summed E-state index contributed by atoms with van der Waals surface area (Å²) in [5.74, 6) is 1.53. The van der Waals surface area contributed by atoms with Gasteiger partial charge in [0.25, 0.3) is 0 Å². The minimum atomic E-state index is -0.146. The maximum atomic E-state index is 9.04. The van der Waals surface area contributed by atoms with Gasteiger partial charge in [0.1, 0.15) is 0 Å². The molecule has 7 nitrogen and oxygen atoms in total. The van der Waals surface area contributed by atoms with Crippen molar-refractivity contribution in [3.8, 4) is 11.5 Å². The van der Waals surface area contributed by atoms with Crippen LogP contribution in [0, 0.1) is 5.41 Å². The zero-order valence-corrected chi connectivity index (χ0v) is 15.2. The molecule has 2 rings (SSSR count). The van der Waals surface area contributed by atoms with E-state index in [0.29, 0.717) is 41.5 Å². The summed E-state index contributed by atoms with van der Waals surface area (Å²) in [6.07, 6.45) is 1.49. The number of pyridine rings is 1. The Hall–Kier alpha value is -2.93. The molecule has 0 aliphatic rings. The summed E-state index contributed by atoms with van der Waals surface area (Å²) >= 11 is 0. The first-order valence-corrected chi connectivity index (χ1v) is 8.30. The summed E-state index contributed by atoms with van der Waals surface area (Å²) in [4.78, 5) is 8.30.